The Labute approximate surface area is 223 Å². The Bertz CT molecular complexity index is 1250. The van der Waals surface area contributed by atoms with Gasteiger partial charge in [0.2, 0.25) is 0 Å². The van der Waals surface area contributed by atoms with E-state index in [4.69, 9.17) is 0 Å². The first kappa shape index (κ1) is 28.1. The molecule has 5 rings (SSSR count). The summed E-state index contributed by atoms with van der Waals surface area (Å²) in [5, 5.41) is 5.56. The zero-order valence-electron chi connectivity index (χ0n) is 18.2. The molecule has 0 N–H and O–H groups in total. The van der Waals surface area contributed by atoms with Crippen molar-refractivity contribution in [2.24, 2.45) is 0 Å². The third-order valence-corrected chi connectivity index (χ3v) is 6.38. The normalized spacial score (nSPS) is 14.6. The van der Waals surface area contributed by atoms with Crippen molar-refractivity contribution in [2.45, 2.75) is 40.5 Å². The Morgan fingerprint density at radius 3 is 1.94 bits per heavy atom. The van der Waals surface area contributed by atoms with Crippen molar-refractivity contribution in [3.05, 3.63) is 88.0 Å². The summed E-state index contributed by atoms with van der Waals surface area (Å²) in [4.78, 5) is 0. The Hall–Kier alpha value is -0.977. The summed E-state index contributed by atoms with van der Waals surface area (Å²) >= 11 is 0. The van der Waals surface area contributed by atoms with Gasteiger partial charge in [-0.1, -0.05) is 70.3 Å². The molecule has 0 spiro atoms. The molecule has 3 aromatic rings. The molecule has 2 aliphatic carbocycles. The summed E-state index contributed by atoms with van der Waals surface area (Å²) in [5.41, 5.74) is 11.5. The smallest absolute Gasteiger partial charge is 1.00 e. The van der Waals surface area contributed by atoms with Crippen LogP contribution in [0.2, 0.25) is 0 Å². The van der Waals surface area contributed by atoms with Gasteiger partial charge in [0, 0.05) is 0 Å². The van der Waals surface area contributed by atoms with Crippen LogP contribution in [0.25, 0.3) is 32.7 Å². The van der Waals surface area contributed by atoms with E-state index >= 15 is 0 Å². The third-order valence-electron chi connectivity index (χ3n) is 6.38. The van der Waals surface area contributed by atoms with Crippen LogP contribution >= 0.6 is 0 Å². The summed E-state index contributed by atoms with van der Waals surface area (Å²) in [5.74, 6) is 0. The summed E-state index contributed by atoms with van der Waals surface area (Å²) in [7, 11) is 0. The number of allylic oxidation sites excluding steroid dienone is 8. The first-order chi connectivity index (χ1) is 13.0. The quantitative estimate of drug-likeness (QED) is 0.355. The summed E-state index contributed by atoms with van der Waals surface area (Å²) in [6, 6.07) is 11.7. The first-order valence-corrected chi connectivity index (χ1v) is 9.91. The van der Waals surface area contributed by atoms with E-state index in [1.807, 2.05) is 0 Å². The van der Waals surface area contributed by atoms with Crippen LogP contribution in [0.15, 0.2) is 65.8 Å². The molecular formula is C27H25Cl3Zr. The summed E-state index contributed by atoms with van der Waals surface area (Å²) in [6.45, 7) is 9.01. The zero-order chi connectivity index (χ0) is 18.7. The molecule has 0 saturated carbocycles. The molecule has 0 nitrogen and oxygen atoms in total. The fourth-order valence-corrected chi connectivity index (χ4v) is 4.93. The summed E-state index contributed by atoms with van der Waals surface area (Å²) in [6.07, 6.45) is 11.2. The molecule has 0 fully saturated rings. The SMILES string of the molecule is CC1=C(c2cc3c([cH-]c4cc(C)ccc43)c(C3=C(C)C=CC3)c2C)CC=C1.[Cl-].[Cl-].[Cl-].[Zr+4]. The molecule has 0 bridgehead atoms. The maximum atomic E-state index is 2.45. The largest absolute Gasteiger partial charge is 4.00 e. The fraction of sp³-hybridized carbons (Fsp3) is 0.222. The average molecular weight is 547 g/mol. The van der Waals surface area contributed by atoms with Crippen molar-refractivity contribution >= 4 is 32.7 Å². The molecule has 0 aromatic heterocycles. The van der Waals surface area contributed by atoms with Crippen LogP contribution in [0, 0.1) is 13.8 Å². The molecule has 0 radical (unpaired) electrons. The van der Waals surface area contributed by atoms with Crippen molar-refractivity contribution in [1.82, 2.24) is 0 Å². The van der Waals surface area contributed by atoms with Gasteiger partial charge in [-0.05, 0) is 57.2 Å². The number of halogens is 3. The average Bonchev–Trinajstić information content (AvgIpc) is 3.33. The Kier molecular flexibility index (Phi) is 9.74. The molecule has 0 heterocycles. The van der Waals surface area contributed by atoms with E-state index in [2.05, 4.69) is 82.3 Å². The Balaban J connectivity index is 0.00000120. The summed E-state index contributed by atoms with van der Waals surface area (Å²) < 4.78 is 0. The number of hydrogen-bond acceptors (Lipinski definition) is 0. The molecule has 3 aromatic carbocycles. The van der Waals surface area contributed by atoms with Crippen molar-refractivity contribution in [2.75, 3.05) is 0 Å². The van der Waals surface area contributed by atoms with E-state index in [0.29, 0.717) is 0 Å². The van der Waals surface area contributed by atoms with Gasteiger partial charge in [0.05, 0.1) is 0 Å². The van der Waals surface area contributed by atoms with Gasteiger partial charge in [0.1, 0.15) is 0 Å². The number of benzene rings is 2. The Morgan fingerprint density at radius 2 is 1.35 bits per heavy atom. The first-order valence-electron chi connectivity index (χ1n) is 9.91. The van der Waals surface area contributed by atoms with Gasteiger partial charge >= 0.3 is 26.2 Å². The van der Waals surface area contributed by atoms with Gasteiger partial charge in [0.15, 0.2) is 0 Å². The molecule has 0 aliphatic heterocycles. The van der Waals surface area contributed by atoms with Gasteiger partial charge < -0.3 is 37.2 Å². The molecule has 4 heteroatoms. The van der Waals surface area contributed by atoms with Crippen LogP contribution < -0.4 is 37.2 Å². The van der Waals surface area contributed by atoms with Crippen LogP contribution in [0.3, 0.4) is 0 Å². The molecule has 31 heavy (non-hydrogen) atoms. The predicted octanol–water partition coefficient (Wildman–Crippen LogP) is -1.19. The number of hydrogen-bond donors (Lipinski definition) is 0. The van der Waals surface area contributed by atoms with Crippen LogP contribution in [-0.4, -0.2) is 0 Å². The molecule has 0 atom stereocenters. The van der Waals surface area contributed by atoms with E-state index in [-0.39, 0.29) is 63.4 Å². The van der Waals surface area contributed by atoms with Crippen LogP contribution in [0.1, 0.15) is 48.9 Å². The second-order valence-corrected chi connectivity index (χ2v) is 8.16. The van der Waals surface area contributed by atoms with E-state index < -0.39 is 0 Å². The minimum absolute atomic E-state index is 0. The molecular weight excluding hydrogens is 522 g/mol. The fourth-order valence-electron chi connectivity index (χ4n) is 4.93. The van der Waals surface area contributed by atoms with E-state index in [1.165, 1.54) is 66.1 Å². The monoisotopic (exact) mass is 544 g/mol. The van der Waals surface area contributed by atoms with Crippen LogP contribution in [-0.2, 0) is 26.2 Å². The molecule has 0 amide bonds. The van der Waals surface area contributed by atoms with Crippen molar-refractivity contribution < 1.29 is 63.4 Å². The number of aryl methyl sites for hydroxylation is 1. The minimum atomic E-state index is 0. The Morgan fingerprint density at radius 1 is 0.742 bits per heavy atom. The maximum Gasteiger partial charge on any atom is 4.00 e. The van der Waals surface area contributed by atoms with Gasteiger partial charge in [-0.25, -0.2) is 0 Å². The van der Waals surface area contributed by atoms with Crippen molar-refractivity contribution in [3.63, 3.8) is 0 Å². The number of fused-ring (bicyclic) bond motifs is 3. The van der Waals surface area contributed by atoms with E-state index in [0.717, 1.165) is 12.8 Å². The standard InChI is InChI=1S/C27H25.3ClH.Zr/c1-16-11-12-23-20(13-16)14-26-25(23)15-24(21-9-5-7-17(21)2)19(4)27(26)22-10-6-8-18(22)3;;;;/h5-8,11-15H,9-10H2,1-4H3;3*1H;/q-1;;;;+4/p-3. The van der Waals surface area contributed by atoms with Crippen LogP contribution in [0.5, 0.6) is 0 Å². The molecule has 0 saturated heterocycles. The minimum Gasteiger partial charge on any atom is -1.00 e. The van der Waals surface area contributed by atoms with E-state index in [1.54, 1.807) is 0 Å². The van der Waals surface area contributed by atoms with Crippen LogP contribution in [0.4, 0.5) is 0 Å². The van der Waals surface area contributed by atoms with Gasteiger partial charge in [-0.2, -0.15) is 0 Å². The predicted molar refractivity (Wildman–Crippen MR) is 119 cm³/mol. The van der Waals surface area contributed by atoms with Gasteiger partial charge in [0.25, 0.3) is 0 Å². The van der Waals surface area contributed by atoms with Gasteiger partial charge in [-0.15, -0.1) is 33.7 Å². The molecule has 0 unspecified atom stereocenters. The molecule has 158 valence electrons. The topological polar surface area (TPSA) is 0 Å². The van der Waals surface area contributed by atoms with E-state index in [9.17, 15) is 0 Å². The zero-order valence-corrected chi connectivity index (χ0v) is 23.0. The maximum absolute atomic E-state index is 2.45. The van der Waals surface area contributed by atoms with Gasteiger partial charge in [-0.3, -0.25) is 0 Å². The van der Waals surface area contributed by atoms with Crippen molar-refractivity contribution in [3.8, 4) is 0 Å². The third kappa shape index (κ3) is 4.58. The van der Waals surface area contributed by atoms with Crippen molar-refractivity contribution in [1.29, 1.82) is 0 Å². The molecule has 2 aliphatic rings. The number of rotatable bonds is 2. The second-order valence-electron chi connectivity index (χ2n) is 8.16. The second kappa shape index (κ2) is 10.8.